The summed E-state index contributed by atoms with van der Waals surface area (Å²) in [5, 5.41) is 3.33. The predicted molar refractivity (Wildman–Crippen MR) is 61.6 cm³/mol. The van der Waals surface area contributed by atoms with Gasteiger partial charge >= 0.3 is 0 Å². The van der Waals surface area contributed by atoms with Crippen LogP contribution in [0.5, 0.6) is 0 Å². The van der Waals surface area contributed by atoms with E-state index in [1.54, 1.807) is 7.11 Å². The normalized spacial score (nSPS) is 21.6. The molecule has 3 nitrogen and oxygen atoms in total. The first-order valence-corrected chi connectivity index (χ1v) is 5.21. The lowest BCUT2D eigenvalue weighted by molar-refractivity contribution is 0.0397. The van der Waals surface area contributed by atoms with Crippen LogP contribution in [0.3, 0.4) is 0 Å². The molecule has 1 unspecified atom stereocenters. The third-order valence-electron chi connectivity index (χ3n) is 2.16. The third-order valence-corrected chi connectivity index (χ3v) is 2.16. The van der Waals surface area contributed by atoms with Crippen molar-refractivity contribution >= 4 is 0 Å². The van der Waals surface area contributed by atoms with Gasteiger partial charge in [-0.15, -0.1) is 0 Å². The fourth-order valence-corrected chi connectivity index (χ4v) is 1.03. The molecular formula is C11H27NO2. The summed E-state index contributed by atoms with van der Waals surface area (Å²) in [5.74, 6) is 0.925. The molecular weight excluding hydrogens is 178 g/mol. The van der Waals surface area contributed by atoms with E-state index in [9.17, 15) is 0 Å². The number of hydrogen-bond donors (Lipinski definition) is 1. The molecule has 1 fully saturated rings. The lowest BCUT2D eigenvalue weighted by atomic mass is 10.0. The predicted octanol–water partition coefficient (Wildman–Crippen LogP) is 1.61. The van der Waals surface area contributed by atoms with Crippen molar-refractivity contribution in [2.75, 3.05) is 20.2 Å². The van der Waals surface area contributed by atoms with Crippen LogP contribution in [-0.2, 0) is 4.74 Å². The lowest BCUT2D eigenvalue weighted by Gasteiger charge is -2.17. The highest BCUT2D eigenvalue weighted by atomic mass is 16.5. The van der Waals surface area contributed by atoms with Crippen LogP contribution >= 0.6 is 0 Å². The molecule has 0 amide bonds. The molecule has 1 aliphatic rings. The molecule has 0 aromatic heterocycles. The average Bonchev–Trinajstić information content (AvgIpc) is 2.06. The number of methoxy groups -OCH3 is 1. The van der Waals surface area contributed by atoms with Crippen molar-refractivity contribution in [1.29, 1.82) is 0 Å². The molecule has 3 heteroatoms. The third kappa shape index (κ3) is 11.9. The molecule has 1 heterocycles. The molecule has 1 atom stereocenters. The summed E-state index contributed by atoms with van der Waals surface area (Å²) in [6.07, 6.45) is 2.80. The first kappa shape index (κ1) is 16.3. The van der Waals surface area contributed by atoms with E-state index in [2.05, 4.69) is 12.2 Å². The Labute approximate surface area is 88.5 Å². The molecule has 1 aliphatic heterocycles. The Kier molecular flexibility index (Phi) is 9.57. The van der Waals surface area contributed by atoms with Crippen molar-refractivity contribution in [2.24, 2.45) is 5.92 Å². The highest BCUT2D eigenvalue weighted by Crippen LogP contribution is 2.06. The standard InChI is InChI=1S/C6H13N.C5H12O.H2O/c1-6-3-2-4-7-5-6;1-5(2,3)6-4;/h6-7H,2-5H2,1H3;1-4H3;1H2. The second kappa shape index (κ2) is 8.21. The number of piperidine rings is 1. The minimum atomic E-state index is 0. The van der Waals surface area contributed by atoms with Gasteiger partial charge in [0.2, 0.25) is 0 Å². The monoisotopic (exact) mass is 205 g/mol. The number of rotatable bonds is 0. The molecule has 0 saturated carbocycles. The molecule has 0 aromatic carbocycles. The molecule has 0 radical (unpaired) electrons. The summed E-state index contributed by atoms with van der Waals surface area (Å²) in [5.41, 5.74) is 0.0417. The average molecular weight is 205 g/mol. The Morgan fingerprint density at radius 2 is 1.79 bits per heavy atom. The fourth-order valence-electron chi connectivity index (χ4n) is 1.03. The van der Waals surface area contributed by atoms with E-state index in [0.29, 0.717) is 0 Å². The van der Waals surface area contributed by atoms with Gasteiger partial charge in [-0.3, -0.25) is 0 Å². The first-order chi connectivity index (χ1) is 5.95. The minimum Gasteiger partial charge on any atom is -0.412 e. The summed E-state index contributed by atoms with van der Waals surface area (Å²) in [4.78, 5) is 0. The highest BCUT2D eigenvalue weighted by Gasteiger charge is 2.05. The fraction of sp³-hybridized carbons (Fsp3) is 1.00. The van der Waals surface area contributed by atoms with Gasteiger partial charge in [0.05, 0.1) is 5.60 Å². The van der Waals surface area contributed by atoms with E-state index in [4.69, 9.17) is 4.74 Å². The van der Waals surface area contributed by atoms with Gasteiger partial charge in [0.15, 0.2) is 0 Å². The van der Waals surface area contributed by atoms with E-state index >= 15 is 0 Å². The van der Waals surface area contributed by atoms with Crippen LogP contribution < -0.4 is 5.32 Å². The van der Waals surface area contributed by atoms with E-state index in [1.165, 1.54) is 25.9 Å². The zero-order valence-corrected chi connectivity index (χ0v) is 10.3. The van der Waals surface area contributed by atoms with E-state index < -0.39 is 0 Å². The second-order valence-electron chi connectivity index (χ2n) is 4.77. The van der Waals surface area contributed by atoms with Crippen LogP contribution in [-0.4, -0.2) is 31.3 Å². The molecule has 88 valence electrons. The minimum absolute atomic E-state index is 0. The molecule has 0 aromatic rings. The maximum absolute atomic E-state index is 4.94. The summed E-state index contributed by atoms with van der Waals surface area (Å²) in [6.45, 7) is 10.8. The molecule has 14 heavy (non-hydrogen) atoms. The van der Waals surface area contributed by atoms with Crippen LogP contribution in [0.25, 0.3) is 0 Å². The van der Waals surface area contributed by atoms with Gasteiger partial charge in [0.25, 0.3) is 0 Å². The van der Waals surface area contributed by atoms with Crippen LogP contribution in [0.15, 0.2) is 0 Å². The van der Waals surface area contributed by atoms with Crippen LogP contribution in [0, 0.1) is 5.92 Å². The SMILES string of the molecule is CC1CCCNC1.COC(C)(C)C.O. The lowest BCUT2D eigenvalue weighted by Crippen LogP contribution is -2.27. The zero-order chi connectivity index (χ0) is 10.3. The Morgan fingerprint density at radius 3 is 1.93 bits per heavy atom. The maximum Gasteiger partial charge on any atom is 0.0594 e. The highest BCUT2D eigenvalue weighted by molar-refractivity contribution is 4.63. The van der Waals surface area contributed by atoms with Gasteiger partial charge < -0.3 is 15.5 Å². The molecule has 0 spiro atoms. The van der Waals surface area contributed by atoms with Gasteiger partial charge in [-0.25, -0.2) is 0 Å². The van der Waals surface area contributed by atoms with Crippen molar-refractivity contribution in [2.45, 2.75) is 46.1 Å². The van der Waals surface area contributed by atoms with Crippen LogP contribution in [0.1, 0.15) is 40.5 Å². The Bertz CT molecular complexity index is 115. The molecule has 0 aliphatic carbocycles. The van der Waals surface area contributed by atoms with Gasteiger partial charge in [0, 0.05) is 7.11 Å². The number of nitrogens with one attached hydrogen (secondary N) is 1. The maximum atomic E-state index is 4.94. The quantitative estimate of drug-likeness (QED) is 0.653. The first-order valence-electron chi connectivity index (χ1n) is 5.21. The van der Waals surface area contributed by atoms with E-state index in [-0.39, 0.29) is 11.1 Å². The van der Waals surface area contributed by atoms with Crippen molar-refractivity contribution < 1.29 is 10.2 Å². The van der Waals surface area contributed by atoms with Crippen molar-refractivity contribution in [3.8, 4) is 0 Å². The largest absolute Gasteiger partial charge is 0.412 e. The van der Waals surface area contributed by atoms with E-state index in [1.807, 2.05) is 20.8 Å². The van der Waals surface area contributed by atoms with Crippen molar-refractivity contribution in [3.63, 3.8) is 0 Å². The molecule has 1 saturated heterocycles. The second-order valence-corrected chi connectivity index (χ2v) is 4.77. The Balaban J connectivity index is 0. The molecule has 3 N–H and O–H groups in total. The zero-order valence-electron chi connectivity index (χ0n) is 10.3. The summed E-state index contributed by atoms with van der Waals surface area (Å²) in [6, 6.07) is 0. The van der Waals surface area contributed by atoms with Crippen molar-refractivity contribution in [1.82, 2.24) is 5.32 Å². The van der Waals surface area contributed by atoms with Crippen LogP contribution in [0.2, 0.25) is 0 Å². The van der Waals surface area contributed by atoms with Crippen molar-refractivity contribution in [3.05, 3.63) is 0 Å². The molecule has 0 bridgehead atoms. The summed E-state index contributed by atoms with van der Waals surface area (Å²) < 4.78 is 4.94. The number of ether oxygens (including phenoxy) is 1. The smallest absolute Gasteiger partial charge is 0.0594 e. The molecule has 1 rings (SSSR count). The topological polar surface area (TPSA) is 52.8 Å². The van der Waals surface area contributed by atoms with Crippen LogP contribution in [0.4, 0.5) is 0 Å². The summed E-state index contributed by atoms with van der Waals surface area (Å²) in [7, 11) is 1.71. The Hall–Kier alpha value is -0.120. The van der Waals surface area contributed by atoms with E-state index in [0.717, 1.165) is 5.92 Å². The van der Waals surface area contributed by atoms with Gasteiger partial charge in [0.1, 0.15) is 0 Å². The number of hydrogen-bond acceptors (Lipinski definition) is 2. The van der Waals surface area contributed by atoms with Gasteiger partial charge in [-0.1, -0.05) is 6.92 Å². The van der Waals surface area contributed by atoms with Gasteiger partial charge in [-0.05, 0) is 52.6 Å². The Morgan fingerprint density at radius 1 is 1.29 bits per heavy atom. The van der Waals surface area contributed by atoms with Gasteiger partial charge in [-0.2, -0.15) is 0 Å². The summed E-state index contributed by atoms with van der Waals surface area (Å²) >= 11 is 0.